The lowest BCUT2D eigenvalue weighted by molar-refractivity contribution is 0.0697. The van der Waals surface area contributed by atoms with Gasteiger partial charge in [0, 0.05) is 0 Å². The Bertz CT molecular complexity index is 558. The number of ether oxygens (including phenoxy) is 1. The van der Waals surface area contributed by atoms with E-state index in [2.05, 4.69) is 19.1 Å². The fourth-order valence-electron chi connectivity index (χ4n) is 1.80. The van der Waals surface area contributed by atoms with Gasteiger partial charge in [-0.25, -0.2) is 4.79 Å². The molecule has 0 unspecified atom stereocenters. The van der Waals surface area contributed by atoms with Crippen LogP contribution >= 0.6 is 0 Å². The highest BCUT2D eigenvalue weighted by Gasteiger charge is 2.02. The number of carboxylic acid groups (broad SMARTS) is 1. The Labute approximate surface area is 112 Å². The van der Waals surface area contributed by atoms with Crippen molar-refractivity contribution in [1.29, 1.82) is 0 Å². The smallest absolute Gasteiger partial charge is 0.335 e. The highest BCUT2D eigenvalue weighted by Crippen LogP contribution is 2.15. The van der Waals surface area contributed by atoms with Crippen LogP contribution in [-0.2, 0) is 13.0 Å². The lowest BCUT2D eigenvalue weighted by Crippen LogP contribution is -1.98. The van der Waals surface area contributed by atoms with Gasteiger partial charge in [0.05, 0.1) is 5.56 Å². The Morgan fingerprint density at radius 2 is 1.79 bits per heavy atom. The van der Waals surface area contributed by atoms with Gasteiger partial charge in [-0.3, -0.25) is 0 Å². The van der Waals surface area contributed by atoms with Crippen molar-refractivity contribution in [1.82, 2.24) is 0 Å². The Morgan fingerprint density at radius 3 is 2.42 bits per heavy atom. The highest BCUT2D eigenvalue weighted by atomic mass is 16.5. The molecule has 3 nitrogen and oxygen atoms in total. The van der Waals surface area contributed by atoms with E-state index in [0.717, 1.165) is 12.0 Å². The van der Waals surface area contributed by atoms with E-state index in [1.165, 1.54) is 5.56 Å². The lowest BCUT2D eigenvalue weighted by atomic mass is 10.1. The van der Waals surface area contributed by atoms with Crippen LogP contribution in [0.2, 0.25) is 0 Å². The fourth-order valence-corrected chi connectivity index (χ4v) is 1.80. The van der Waals surface area contributed by atoms with Gasteiger partial charge in [-0.2, -0.15) is 0 Å². The molecule has 0 saturated carbocycles. The summed E-state index contributed by atoms with van der Waals surface area (Å²) in [5.74, 6) is -0.255. The van der Waals surface area contributed by atoms with Gasteiger partial charge in [0.15, 0.2) is 0 Å². The van der Waals surface area contributed by atoms with Crippen LogP contribution in [0.4, 0.5) is 0 Å². The minimum absolute atomic E-state index is 0.264. The van der Waals surface area contributed by atoms with Crippen LogP contribution < -0.4 is 4.74 Å². The van der Waals surface area contributed by atoms with Crippen molar-refractivity contribution < 1.29 is 14.6 Å². The van der Waals surface area contributed by atoms with Gasteiger partial charge in [-0.15, -0.1) is 0 Å². The molecule has 0 aliphatic carbocycles. The van der Waals surface area contributed by atoms with Crippen LogP contribution in [0.3, 0.4) is 0 Å². The quantitative estimate of drug-likeness (QED) is 0.890. The van der Waals surface area contributed by atoms with Crippen molar-refractivity contribution >= 4 is 5.97 Å². The zero-order chi connectivity index (χ0) is 13.7. The normalized spacial score (nSPS) is 10.2. The minimum atomic E-state index is -0.929. The number of hydrogen-bond acceptors (Lipinski definition) is 2. The van der Waals surface area contributed by atoms with E-state index >= 15 is 0 Å². The fraction of sp³-hybridized carbons (Fsp3) is 0.188. The summed E-state index contributed by atoms with van der Waals surface area (Å²) < 4.78 is 5.63. The van der Waals surface area contributed by atoms with Crippen LogP contribution in [0, 0.1) is 0 Å². The number of aryl methyl sites for hydroxylation is 1. The average molecular weight is 256 g/mol. The Hall–Kier alpha value is -2.29. The molecule has 0 saturated heterocycles. The molecule has 0 bridgehead atoms. The molecule has 2 rings (SSSR count). The molecule has 0 fully saturated rings. The molecule has 0 aliphatic heterocycles. The monoisotopic (exact) mass is 256 g/mol. The number of rotatable bonds is 5. The highest BCUT2D eigenvalue weighted by molar-refractivity contribution is 5.87. The third-order valence-electron chi connectivity index (χ3n) is 2.91. The zero-order valence-corrected chi connectivity index (χ0v) is 10.8. The largest absolute Gasteiger partial charge is 0.489 e. The van der Waals surface area contributed by atoms with Crippen molar-refractivity contribution in [3.63, 3.8) is 0 Å². The van der Waals surface area contributed by atoms with E-state index in [0.29, 0.717) is 12.4 Å². The summed E-state index contributed by atoms with van der Waals surface area (Å²) in [7, 11) is 0. The van der Waals surface area contributed by atoms with Crippen molar-refractivity contribution in [2.75, 3.05) is 0 Å². The topological polar surface area (TPSA) is 46.5 Å². The summed E-state index contributed by atoms with van der Waals surface area (Å²) in [6.45, 7) is 2.60. The van der Waals surface area contributed by atoms with Crippen LogP contribution in [-0.4, -0.2) is 11.1 Å². The van der Waals surface area contributed by atoms with Gasteiger partial charge in [0.2, 0.25) is 0 Å². The van der Waals surface area contributed by atoms with Crippen LogP contribution in [0.5, 0.6) is 5.75 Å². The molecule has 19 heavy (non-hydrogen) atoms. The predicted octanol–water partition coefficient (Wildman–Crippen LogP) is 3.53. The molecule has 2 aromatic rings. The maximum absolute atomic E-state index is 10.7. The third kappa shape index (κ3) is 3.58. The van der Waals surface area contributed by atoms with E-state index in [1.54, 1.807) is 24.3 Å². The molecule has 0 aliphatic rings. The number of benzene rings is 2. The van der Waals surface area contributed by atoms with Gasteiger partial charge in [0.1, 0.15) is 12.4 Å². The van der Waals surface area contributed by atoms with E-state index < -0.39 is 5.97 Å². The molecule has 0 atom stereocenters. The first-order valence-electron chi connectivity index (χ1n) is 6.23. The number of carboxylic acids is 1. The summed E-state index contributed by atoms with van der Waals surface area (Å²) >= 11 is 0. The van der Waals surface area contributed by atoms with Crippen LogP contribution in [0.25, 0.3) is 0 Å². The summed E-state index contributed by atoms with van der Waals surface area (Å²) in [5, 5.41) is 8.80. The van der Waals surface area contributed by atoms with Gasteiger partial charge in [-0.05, 0) is 41.8 Å². The van der Waals surface area contributed by atoms with Gasteiger partial charge in [0.25, 0.3) is 0 Å². The first kappa shape index (κ1) is 13.1. The summed E-state index contributed by atoms with van der Waals surface area (Å²) in [5.41, 5.74) is 2.66. The van der Waals surface area contributed by atoms with Crippen LogP contribution in [0.1, 0.15) is 28.4 Å². The Balaban J connectivity index is 1.99. The Morgan fingerprint density at radius 1 is 1.11 bits per heavy atom. The zero-order valence-electron chi connectivity index (χ0n) is 10.8. The minimum Gasteiger partial charge on any atom is -0.489 e. The molecule has 0 radical (unpaired) electrons. The standard InChI is InChI=1S/C16H16O3/c1-2-12-4-3-5-13(10-12)11-19-15-8-6-14(7-9-15)16(17)18/h3-10H,2,11H2,1H3,(H,17,18). The molecule has 98 valence electrons. The molecule has 0 heterocycles. The Kier molecular flexibility index (Phi) is 4.18. The third-order valence-corrected chi connectivity index (χ3v) is 2.91. The second-order valence-electron chi connectivity index (χ2n) is 4.29. The first-order valence-corrected chi connectivity index (χ1v) is 6.23. The molecule has 0 spiro atoms. The summed E-state index contributed by atoms with van der Waals surface area (Å²) in [6, 6.07) is 14.7. The first-order chi connectivity index (χ1) is 9.19. The van der Waals surface area contributed by atoms with E-state index in [9.17, 15) is 4.79 Å². The maximum Gasteiger partial charge on any atom is 0.335 e. The number of aromatic carboxylic acids is 1. The molecular formula is C16H16O3. The maximum atomic E-state index is 10.7. The molecule has 1 N–H and O–H groups in total. The molecule has 0 aromatic heterocycles. The predicted molar refractivity (Wildman–Crippen MR) is 73.6 cm³/mol. The number of hydrogen-bond donors (Lipinski definition) is 1. The summed E-state index contributed by atoms with van der Waals surface area (Å²) in [6.07, 6.45) is 1.00. The number of carbonyl (C=O) groups is 1. The van der Waals surface area contributed by atoms with Gasteiger partial charge >= 0.3 is 5.97 Å². The molecular weight excluding hydrogens is 240 g/mol. The van der Waals surface area contributed by atoms with E-state index in [4.69, 9.17) is 9.84 Å². The lowest BCUT2D eigenvalue weighted by Gasteiger charge is -2.07. The molecule has 2 aromatic carbocycles. The van der Waals surface area contributed by atoms with Crippen molar-refractivity contribution in [2.24, 2.45) is 0 Å². The van der Waals surface area contributed by atoms with Gasteiger partial charge < -0.3 is 9.84 Å². The molecule has 3 heteroatoms. The van der Waals surface area contributed by atoms with Crippen molar-refractivity contribution in [3.8, 4) is 5.75 Å². The summed E-state index contributed by atoms with van der Waals surface area (Å²) in [4.78, 5) is 10.7. The average Bonchev–Trinajstić information content (AvgIpc) is 2.46. The van der Waals surface area contributed by atoms with E-state index in [1.807, 2.05) is 12.1 Å². The van der Waals surface area contributed by atoms with E-state index in [-0.39, 0.29) is 5.56 Å². The second kappa shape index (κ2) is 6.05. The van der Waals surface area contributed by atoms with Crippen LogP contribution in [0.15, 0.2) is 48.5 Å². The SMILES string of the molecule is CCc1cccc(COc2ccc(C(=O)O)cc2)c1. The van der Waals surface area contributed by atoms with Gasteiger partial charge in [-0.1, -0.05) is 31.2 Å². The van der Waals surface area contributed by atoms with Crippen molar-refractivity contribution in [2.45, 2.75) is 20.0 Å². The molecule has 0 amide bonds. The van der Waals surface area contributed by atoms with Crippen molar-refractivity contribution in [3.05, 3.63) is 65.2 Å². The second-order valence-corrected chi connectivity index (χ2v) is 4.29.